The molecule has 0 saturated carbocycles. The van der Waals surface area contributed by atoms with Crippen LogP contribution in [-0.4, -0.2) is 48.4 Å². The lowest BCUT2D eigenvalue weighted by Gasteiger charge is -2.48. The maximum atomic E-state index is 14.0. The number of amidine groups is 1. The van der Waals surface area contributed by atoms with Crippen LogP contribution in [0.2, 0.25) is 5.02 Å². The van der Waals surface area contributed by atoms with Gasteiger partial charge in [-0.15, -0.1) is 0 Å². The molecule has 1 N–H and O–H groups in total. The summed E-state index contributed by atoms with van der Waals surface area (Å²) in [4.78, 5) is 8.81. The van der Waals surface area contributed by atoms with Crippen LogP contribution in [0.4, 0.5) is 14.5 Å². The number of nitrogens with one attached hydrogen (secondary N) is 1. The monoisotopic (exact) mass is 418 g/mol. The number of rotatable bonds is 4. The molecular formula is C22H25ClF2N4. The number of halogens is 3. The molecule has 0 aromatic heterocycles. The summed E-state index contributed by atoms with van der Waals surface area (Å²) in [6.07, 6.45) is 1.91. The third-order valence-corrected chi connectivity index (χ3v) is 5.10. The highest BCUT2D eigenvalue weighted by molar-refractivity contribution is 6.30. The molecule has 0 radical (unpaired) electrons. The highest BCUT2D eigenvalue weighted by atomic mass is 35.5. The molecule has 1 heterocycles. The van der Waals surface area contributed by atoms with Crippen molar-refractivity contribution in [3.05, 3.63) is 70.5 Å². The van der Waals surface area contributed by atoms with E-state index in [1.54, 1.807) is 25.2 Å². The Morgan fingerprint density at radius 3 is 2.48 bits per heavy atom. The zero-order chi connectivity index (χ0) is 21.2. The number of piperazine rings is 1. The topological polar surface area (TPSA) is 30.9 Å². The van der Waals surface area contributed by atoms with Crippen molar-refractivity contribution in [3.63, 3.8) is 0 Å². The van der Waals surface area contributed by atoms with Crippen molar-refractivity contribution < 1.29 is 8.78 Å². The van der Waals surface area contributed by atoms with Gasteiger partial charge in [0.05, 0.1) is 17.1 Å². The van der Waals surface area contributed by atoms with Crippen molar-refractivity contribution in [1.29, 1.82) is 0 Å². The number of hydrogen-bond donors (Lipinski definition) is 1. The van der Waals surface area contributed by atoms with Crippen LogP contribution in [-0.2, 0) is 0 Å². The van der Waals surface area contributed by atoms with Crippen molar-refractivity contribution >= 4 is 29.2 Å². The Morgan fingerprint density at radius 2 is 1.86 bits per heavy atom. The predicted octanol–water partition coefficient (Wildman–Crippen LogP) is 5.08. The second-order valence-corrected chi connectivity index (χ2v) is 8.20. The number of aliphatic imine (C=N–C) groups is 1. The minimum atomic E-state index is -0.500. The lowest BCUT2D eigenvalue weighted by molar-refractivity contribution is 0.150. The summed E-state index contributed by atoms with van der Waals surface area (Å²) in [6, 6.07) is 10.8. The van der Waals surface area contributed by atoms with Gasteiger partial charge in [-0.25, -0.2) is 8.78 Å². The van der Waals surface area contributed by atoms with Gasteiger partial charge in [0.15, 0.2) is 0 Å². The molecule has 154 valence electrons. The number of nitrogens with zero attached hydrogens (tertiary/aromatic N) is 3. The van der Waals surface area contributed by atoms with Crippen LogP contribution in [0.25, 0.3) is 6.08 Å². The zero-order valence-electron chi connectivity index (χ0n) is 17.0. The molecule has 29 heavy (non-hydrogen) atoms. The Morgan fingerprint density at radius 1 is 1.17 bits per heavy atom. The van der Waals surface area contributed by atoms with Crippen LogP contribution in [0.5, 0.6) is 0 Å². The van der Waals surface area contributed by atoms with E-state index < -0.39 is 5.82 Å². The highest BCUT2D eigenvalue weighted by Gasteiger charge is 2.38. The minimum absolute atomic E-state index is 0.0651. The van der Waals surface area contributed by atoms with Gasteiger partial charge in [-0.1, -0.05) is 23.7 Å². The molecule has 1 aliphatic heterocycles. The van der Waals surface area contributed by atoms with E-state index in [0.29, 0.717) is 12.2 Å². The van der Waals surface area contributed by atoms with E-state index in [1.165, 1.54) is 24.3 Å². The fourth-order valence-corrected chi connectivity index (χ4v) is 3.80. The average Bonchev–Trinajstić information content (AvgIpc) is 2.64. The summed E-state index contributed by atoms with van der Waals surface area (Å²) < 4.78 is 27.4. The van der Waals surface area contributed by atoms with E-state index >= 15 is 0 Å². The molecule has 2 aromatic carbocycles. The van der Waals surface area contributed by atoms with Crippen molar-refractivity contribution in [2.24, 2.45) is 4.99 Å². The number of likely N-dealkylation sites (N-methyl/N-ethyl adjacent to an activating group) is 1. The molecule has 0 bridgehead atoms. The van der Waals surface area contributed by atoms with Gasteiger partial charge in [0, 0.05) is 19.3 Å². The molecule has 0 amide bonds. The van der Waals surface area contributed by atoms with Gasteiger partial charge in [-0.05, 0) is 62.9 Å². The van der Waals surface area contributed by atoms with Gasteiger partial charge in [-0.2, -0.15) is 0 Å². The molecule has 0 atom stereocenters. The van der Waals surface area contributed by atoms with Crippen LogP contribution in [0.3, 0.4) is 0 Å². The first kappa shape index (κ1) is 21.3. The summed E-state index contributed by atoms with van der Waals surface area (Å²) in [6.45, 7) is 5.73. The molecule has 0 aliphatic carbocycles. The maximum Gasteiger partial charge on any atom is 0.143 e. The first-order chi connectivity index (χ1) is 13.7. The van der Waals surface area contributed by atoms with Crippen LogP contribution in [0, 0.1) is 11.6 Å². The Balaban J connectivity index is 2.08. The van der Waals surface area contributed by atoms with Crippen LogP contribution in [0.1, 0.15) is 19.4 Å². The van der Waals surface area contributed by atoms with Gasteiger partial charge >= 0.3 is 0 Å². The lowest BCUT2D eigenvalue weighted by Crippen LogP contribution is -2.61. The smallest absolute Gasteiger partial charge is 0.143 e. The van der Waals surface area contributed by atoms with Gasteiger partial charge in [0.2, 0.25) is 0 Å². The Kier molecular flexibility index (Phi) is 6.24. The summed E-state index contributed by atoms with van der Waals surface area (Å²) in [5.41, 5.74) is 1.09. The Bertz CT molecular complexity index is 938. The van der Waals surface area contributed by atoms with E-state index in [0.717, 1.165) is 23.8 Å². The third-order valence-electron chi connectivity index (χ3n) is 4.80. The van der Waals surface area contributed by atoms with Gasteiger partial charge < -0.3 is 10.2 Å². The van der Waals surface area contributed by atoms with Crippen LogP contribution < -0.4 is 5.32 Å². The van der Waals surface area contributed by atoms with E-state index in [1.807, 2.05) is 6.08 Å². The lowest BCUT2D eigenvalue weighted by atomic mass is 9.98. The standard InChI is InChI=1S/C22H25ClF2N4/c1-22(2)14-28(4)13-21(26-3)29(22)20(11-15-5-7-16(24)8-6-15)27-17-9-10-18(23)19(25)12-17/h5-12,27H,13-14H2,1-4H3/b20-11+,26-21?. The van der Waals surface area contributed by atoms with E-state index in [-0.39, 0.29) is 16.4 Å². The molecule has 0 unspecified atom stereocenters. The van der Waals surface area contributed by atoms with Gasteiger partial charge in [0.1, 0.15) is 23.3 Å². The molecule has 3 rings (SSSR count). The second kappa shape index (κ2) is 8.51. The molecule has 1 aliphatic rings. The highest BCUT2D eigenvalue weighted by Crippen LogP contribution is 2.29. The van der Waals surface area contributed by atoms with Crippen molar-refractivity contribution in [2.45, 2.75) is 19.4 Å². The van der Waals surface area contributed by atoms with Crippen LogP contribution >= 0.6 is 11.6 Å². The van der Waals surface area contributed by atoms with Crippen molar-refractivity contribution in [1.82, 2.24) is 9.80 Å². The third kappa shape index (κ3) is 4.95. The summed E-state index contributed by atoms with van der Waals surface area (Å²) >= 11 is 5.83. The Labute approximate surface area is 175 Å². The van der Waals surface area contributed by atoms with E-state index in [4.69, 9.17) is 11.6 Å². The summed E-state index contributed by atoms with van der Waals surface area (Å²) in [5, 5.41) is 3.38. The molecule has 2 aromatic rings. The molecule has 1 fully saturated rings. The first-order valence-electron chi connectivity index (χ1n) is 9.33. The number of anilines is 1. The first-order valence-corrected chi connectivity index (χ1v) is 9.71. The molecular weight excluding hydrogens is 394 g/mol. The maximum absolute atomic E-state index is 14.0. The van der Waals surface area contributed by atoms with Crippen LogP contribution in [0.15, 0.2) is 53.3 Å². The number of hydrogen-bond acceptors (Lipinski definition) is 3. The summed E-state index contributed by atoms with van der Waals surface area (Å²) in [5.74, 6) is 0.795. The fraction of sp³-hybridized carbons (Fsp3) is 0.318. The molecule has 1 saturated heterocycles. The molecule has 7 heteroatoms. The van der Waals surface area contributed by atoms with Gasteiger partial charge in [0.25, 0.3) is 0 Å². The van der Waals surface area contributed by atoms with Gasteiger partial charge in [-0.3, -0.25) is 9.89 Å². The largest absolute Gasteiger partial charge is 0.341 e. The second-order valence-electron chi connectivity index (χ2n) is 7.79. The normalized spacial score (nSPS) is 18.9. The minimum Gasteiger partial charge on any atom is -0.341 e. The molecule has 0 spiro atoms. The SMILES string of the molecule is CN=C1CN(C)CC(C)(C)N1/C(=C/c1ccc(F)cc1)Nc1ccc(Cl)c(F)c1. The number of benzene rings is 2. The molecule has 4 nitrogen and oxygen atoms in total. The average molecular weight is 419 g/mol. The summed E-state index contributed by atoms with van der Waals surface area (Å²) in [7, 11) is 3.81. The predicted molar refractivity (Wildman–Crippen MR) is 116 cm³/mol. The fourth-order valence-electron chi connectivity index (χ4n) is 3.68. The van der Waals surface area contributed by atoms with Crippen molar-refractivity contribution in [2.75, 3.05) is 32.5 Å². The van der Waals surface area contributed by atoms with Crippen molar-refractivity contribution in [3.8, 4) is 0 Å². The van der Waals surface area contributed by atoms with E-state index in [9.17, 15) is 8.78 Å². The zero-order valence-corrected chi connectivity index (χ0v) is 17.8. The quantitative estimate of drug-likeness (QED) is 0.750. The van der Waals surface area contributed by atoms with E-state index in [2.05, 4.69) is 41.0 Å². The Hall–Kier alpha value is -2.44.